The lowest BCUT2D eigenvalue weighted by Crippen LogP contribution is -2.27. The van der Waals surface area contributed by atoms with Crippen molar-refractivity contribution in [1.82, 2.24) is 0 Å². The van der Waals surface area contributed by atoms with Crippen LogP contribution >= 0.6 is 0 Å². The molecule has 1 aromatic rings. The Morgan fingerprint density at radius 2 is 1.94 bits per heavy atom. The molecule has 1 atom stereocenters. The van der Waals surface area contributed by atoms with Gasteiger partial charge in [0.25, 0.3) is 0 Å². The summed E-state index contributed by atoms with van der Waals surface area (Å²) in [4.78, 5) is 0. The molecule has 0 fully saturated rings. The summed E-state index contributed by atoms with van der Waals surface area (Å²) in [5.41, 5.74) is 8.26. The minimum atomic E-state index is 0.0932. The van der Waals surface area contributed by atoms with E-state index in [1.54, 1.807) is 0 Å². The number of rotatable bonds is 4. The second kappa shape index (κ2) is 5.54. The lowest BCUT2D eigenvalue weighted by atomic mass is 9.86. The second-order valence-corrected chi connectivity index (χ2v) is 5.63. The molecular weight excluding hydrogens is 210 g/mol. The molecule has 0 spiro atoms. The van der Waals surface area contributed by atoms with Gasteiger partial charge in [-0.2, -0.15) is 0 Å². The number of hydrogen-bond acceptors (Lipinski definition) is 2. The van der Waals surface area contributed by atoms with E-state index < -0.39 is 0 Å². The van der Waals surface area contributed by atoms with Gasteiger partial charge in [-0.1, -0.05) is 39.8 Å². The first-order valence-electron chi connectivity index (χ1n) is 6.36. The molecule has 0 aliphatic heterocycles. The average molecular weight is 235 g/mol. The first-order chi connectivity index (χ1) is 7.88. The van der Waals surface area contributed by atoms with Crippen LogP contribution in [0.2, 0.25) is 0 Å². The minimum Gasteiger partial charge on any atom is -0.489 e. The van der Waals surface area contributed by atoms with E-state index in [-0.39, 0.29) is 11.5 Å². The average Bonchev–Trinajstić information content (AvgIpc) is 2.24. The van der Waals surface area contributed by atoms with Gasteiger partial charge in [0.1, 0.15) is 11.9 Å². The molecule has 0 radical (unpaired) electrons. The van der Waals surface area contributed by atoms with Crippen LogP contribution in [-0.4, -0.2) is 12.6 Å². The van der Waals surface area contributed by atoms with Crippen LogP contribution in [0.5, 0.6) is 5.75 Å². The smallest absolute Gasteiger partial charge is 0.123 e. The molecule has 0 aliphatic rings. The van der Waals surface area contributed by atoms with Crippen LogP contribution in [-0.2, 0) is 5.41 Å². The van der Waals surface area contributed by atoms with Gasteiger partial charge in [-0.15, -0.1) is 0 Å². The first-order valence-corrected chi connectivity index (χ1v) is 6.36. The molecule has 17 heavy (non-hydrogen) atoms. The zero-order valence-electron chi connectivity index (χ0n) is 11.7. The molecule has 0 saturated heterocycles. The van der Waals surface area contributed by atoms with Crippen molar-refractivity contribution in [2.24, 2.45) is 5.73 Å². The van der Waals surface area contributed by atoms with Gasteiger partial charge in [-0.25, -0.2) is 0 Å². The Balaban J connectivity index is 3.07. The Bertz CT molecular complexity index is 362. The highest BCUT2D eigenvalue weighted by atomic mass is 16.5. The van der Waals surface area contributed by atoms with Crippen LogP contribution in [0.3, 0.4) is 0 Å². The fourth-order valence-electron chi connectivity index (χ4n) is 1.82. The minimum absolute atomic E-state index is 0.0932. The van der Waals surface area contributed by atoms with Gasteiger partial charge >= 0.3 is 0 Å². The van der Waals surface area contributed by atoms with Crippen molar-refractivity contribution in [1.29, 1.82) is 0 Å². The molecule has 2 heteroatoms. The van der Waals surface area contributed by atoms with Crippen molar-refractivity contribution >= 4 is 0 Å². The number of hydrogen-bond donors (Lipinski definition) is 1. The normalized spacial score (nSPS) is 13.5. The van der Waals surface area contributed by atoms with Crippen molar-refractivity contribution in [3.63, 3.8) is 0 Å². The summed E-state index contributed by atoms with van der Waals surface area (Å²) in [5.74, 6) is 0.981. The fourth-order valence-corrected chi connectivity index (χ4v) is 1.82. The molecule has 0 bridgehead atoms. The van der Waals surface area contributed by atoms with Crippen LogP contribution in [0, 0.1) is 6.92 Å². The van der Waals surface area contributed by atoms with Gasteiger partial charge < -0.3 is 10.5 Å². The van der Waals surface area contributed by atoms with E-state index in [1.165, 1.54) is 11.1 Å². The molecule has 1 unspecified atom stereocenters. The molecule has 0 aliphatic carbocycles. The number of benzene rings is 1. The SMILES string of the molecule is CCC(CN)Oc1cc(C)ccc1C(C)(C)C. The van der Waals surface area contributed by atoms with E-state index in [1.807, 2.05) is 0 Å². The summed E-state index contributed by atoms with van der Waals surface area (Å²) in [7, 11) is 0. The molecule has 96 valence electrons. The van der Waals surface area contributed by atoms with E-state index in [0.717, 1.165) is 12.2 Å². The predicted octanol–water partition coefficient (Wildman–Crippen LogP) is 3.41. The van der Waals surface area contributed by atoms with Gasteiger partial charge in [0.15, 0.2) is 0 Å². The van der Waals surface area contributed by atoms with E-state index in [9.17, 15) is 0 Å². The third-order valence-corrected chi connectivity index (χ3v) is 2.96. The van der Waals surface area contributed by atoms with Crippen molar-refractivity contribution in [3.05, 3.63) is 29.3 Å². The molecule has 0 heterocycles. The maximum atomic E-state index is 6.03. The van der Waals surface area contributed by atoms with Crippen molar-refractivity contribution < 1.29 is 4.74 Å². The van der Waals surface area contributed by atoms with Crippen molar-refractivity contribution in [3.8, 4) is 5.75 Å². The highest BCUT2D eigenvalue weighted by molar-refractivity contribution is 5.41. The standard InChI is InChI=1S/C15H25NO/c1-6-12(10-16)17-14-9-11(2)7-8-13(14)15(3,4)5/h7-9,12H,6,10,16H2,1-5H3. The molecule has 2 nitrogen and oxygen atoms in total. The topological polar surface area (TPSA) is 35.2 Å². The highest BCUT2D eigenvalue weighted by Crippen LogP contribution is 2.32. The number of aryl methyl sites for hydroxylation is 1. The third kappa shape index (κ3) is 3.74. The molecular formula is C15H25NO. The van der Waals surface area contributed by atoms with Crippen LogP contribution < -0.4 is 10.5 Å². The molecule has 2 N–H and O–H groups in total. The monoisotopic (exact) mass is 235 g/mol. The van der Waals surface area contributed by atoms with E-state index in [2.05, 4.69) is 52.8 Å². The van der Waals surface area contributed by atoms with Gasteiger partial charge in [-0.3, -0.25) is 0 Å². The zero-order chi connectivity index (χ0) is 13.1. The van der Waals surface area contributed by atoms with Crippen LogP contribution in [0.15, 0.2) is 18.2 Å². The zero-order valence-corrected chi connectivity index (χ0v) is 11.7. The molecule has 1 aromatic carbocycles. The Hall–Kier alpha value is -1.02. The molecule has 1 rings (SSSR count). The van der Waals surface area contributed by atoms with E-state index in [4.69, 9.17) is 10.5 Å². The summed E-state index contributed by atoms with van der Waals surface area (Å²) in [5, 5.41) is 0. The summed E-state index contributed by atoms with van der Waals surface area (Å²) in [6.45, 7) is 11.4. The fraction of sp³-hybridized carbons (Fsp3) is 0.600. The van der Waals surface area contributed by atoms with Crippen molar-refractivity contribution in [2.45, 2.75) is 52.6 Å². The van der Waals surface area contributed by atoms with E-state index in [0.29, 0.717) is 6.54 Å². The van der Waals surface area contributed by atoms with Crippen LogP contribution in [0.4, 0.5) is 0 Å². The third-order valence-electron chi connectivity index (χ3n) is 2.96. The summed E-state index contributed by atoms with van der Waals surface area (Å²) >= 11 is 0. The highest BCUT2D eigenvalue weighted by Gasteiger charge is 2.20. The summed E-state index contributed by atoms with van der Waals surface area (Å²) in [6, 6.07) is 6.41. The lowest BCUT2D eigenvalue weighted by molar-refractivity contribution is 0.200. The van der Waals surface area contributed by atoms with Gasteiger partial charge in [0.2, 0.25) is 0 Å². The van der Waals surface area contributed by atoms with Gasteiger partial charge in [0, 0.05) is 6.54 Å². The van der Waals surface area contributed by atoms with Crippen LogP contribution in [0.1, 0.15) is 45.2 Å². The lowest BCUT2D eigenvalue weighted by Gasteiger charge is -2.25. The molecule has 0 amide bonds. The van der Waals surface area contributed by atoms with Gasteiger partial charge in [0.05, 0.1) is 0 Å². The Morgan fingerprint density at radius 3 is 2.41 bits per heavy atom. The maximum Gasteiger partial charge on any atom is 0.123 e. The largest absolute Gasteiger partial charge is 0.489 e. The summed E-state index contributed by atoms with van der Waals surface area (Å²) in [6.07, 6.45) is 1.05. The number of nitrogens with two attached hydrogens (primary N) is 1. The van der Waals surface area contributed by atoms with Gasteiger partial charge in [-0.05, 0) is 36.0 Å². The molecule has 0 saturated carbocycles. The number of ether oxygens (including phenoxy) is 1. The Kier molecular flexibility index (Phi) is 4.58. The maximum absolute atomic E-state index is 6.03. The predicted molar refractivity (Wildman–Crippen MR) is 73.6 cm³/mol. The van der Waals surface area contributed by atoms with E-state index >= 15 is 0 Å². The second-order valence-electron chi connectivity index (χ2n) is 5.63. The Labute approximate surface area is 105 Å². The molecule has 0 aromatic heterocycles. The van der Waals surface area contributed by atoms with Crippen LogP contribution in [0.25, 0.3) is 0 Å². The quantitative estimate of drug-likeness (QED) is 0.868. The summed E-state index contributed by atoms with van der Waals surface area (Å²) < 4.78 is 6.03. The van der Waals surface area contributed by atoms with Crippen molar-refractivity contribution in [2.75, 3.05) is 6.54 Å². The first kappa shape index (κ1) is 14.0. The Morgan fingerprint density at radius 1 is 1.29 bits per heavy atom.